The molecule has 3 heterocycles. The van der Waals surface area contributed by atoms with Gasteiger partial charge >= 0.3 is 0 Å². The Bertz CT molecular complexity index is 541. The van der Waals surface area contributed by atoms with Gasteiger partial charge in [-0.05, 0) is 12.3 Å². The predicted octanol–water partition coefficient (Wildman–Crippen LogP) is 0.631. The number of aromatic nitrogens is 4. The molecule has 1 aliphatic rings. The van der Waals surface area contributed by atoms with Crippen LogP contribution >= 0.6 is 0 Å². The molecule has 1 aliphatic heterocycles. The summed E-state index contributed by atoms with van der Waals surface area (Å²) >= 11 is 0. The summed E-state index contributed by atoms with van der Waals surface area (Å²) in [6.45, 7) is 1.60. The van der Waals surface area contributed by atoms with E-state index in [4.69, 9.17) is 15.0 Å². The number of hydrogen-bond acceptors (Lipinski definition) is 6. The molecule has 0 bridgehead atoms. The van der Waals surface area contributed by atoms with E-state index in [9.17, 15) is 0 Å². The van der Waals surface area contributed by atoms with E-state index in [0.717, 1.165) is 26.1 Å². The molecule has 1 fully saturated rings. The first-order valence-electron chi connectivity index (χ1n) is 5.92. The maximum Gasteiger partial charge on any atom is 0.263 e. The monoisotopic (exact) mass is 249 g/mol. The smallest absolute Gasteiger partial charge is 0.263 e. The van der Waals surface area contributed by atoms with Crippen LogP contribution in [0.3, 0.4) is 0 Å². The summed E-state index contributed by atoms with van der Waals surface area (Å²) in [7, 11) is 1.77. The Kier molecular flexibility index (Phi) is 2.75. The quantitative estimate of drug-likeness (QED) is 0.857. The van der Waals surface area contributed by atoms with Gasteiger partial charge in [-0.15, -0.1) is 0 Å². The Morgan fingerprint density at radius 3 is 3.11 bits per heavy atom. The third-order valence-electron chi connectivity index (χ3n) is 3.18. The van der Waals surface area contributed by atoms with Crippen molar-refractivity contribution in [2.24, 2.45) is 13.0 Å². The molecule has 1 saturated heterocycles. The molecule has 1 atom stereocenters. The molecule has 0 saturated carbocycles. The molecule has 1 unspecified atom stereocenters. The molecule has 7 heteroatoms. The van der Waals surface area contributed by atoms with Crippen molar-refractivity contribution in [3.63, 3.8) is 0 Å². The minimum atomic E-state index is 0.425. The Labute approximate surface area is 104 Å². The van der Waals surface area contributed by atoms with Crippen LogP contribution < -0.4 is 5.73 Å². The summed E-state index contributed by atoms with van der Waals surface area (Å²) in [5.74, 6) is 2.13. The number of anilines is 1. The molecule has 0 radical (unpaired) electrons. The summed E-state index contributed by atoms with van der Waals surface area (Å²) in [6, 6.07) is 0. The molecule has 2 aromatic rings. The van der Waals surface area contributed by atoms with Gasteiger partial charge in [0.1, 0.15) is 11.4 Å². The third kappa shape index (κ3) is 1.97. The van der Waals surface area contributed by atoms with Crippen LogP contribution in [0.1, 0.15) is 12.2 Å². The van der Waals surface area contributed by atoms with E-state index < -0.39 is 0 Å². The molecule has 96 valence electrons. The summed E-state index contributed by atoms with van der Waals surface area (Å²) in [6.07, 6.45) is 3.47. The minimum Gasteiger partial charge on any atom is -0.383 e. The van der Waals surface area contributed by atoms with E-state index >= 15 is 0 Å². The van der Waals surface area contributed by atoms with Crippen molar-refractivity contribution in [3.05, 3.63) is 12.0 Å². The first kappa shape index (κ1) is 11.2. The highest BCUT2D eigenvalue weighted by atomic mass is 16.5. The number of nitrogens with two attached hydrogens (primary N) is 1. The Morgan fingerprint density at radius 2 is 2.44 bits per heavy atom. The number of rotatable bonds is 3. The van der Waals surface area contributed by atoms with Gasteiger partial charge < -0.3 is 15.0 Å². The topological polar surface area (TPSA) is 92.0 Å². The van der Waals surface area contributed by atoms with Crippen molar-refractivity contribution >= 4 is 5.82 Å². The number of ether oxygens (including phenoxy) is 1. The maximum atomic E-state index is 5.86. The van der Waals surface area contributed by atoms with E-state index in [-0.39, 0.29) is 0 Å². The number of nitrogens with zero attached hydrogens (tertiary/aromatic N) is 4. The lowest BCUT2D eigenvalue weighted by atomic mass is 10.1. The van der Waals surface area contributed by atoms with Crippen molar-refractivity contribution in [3.8, 4) is 11.5 Å². The molecule has 0 aliphatic carbocycles. The molecule has 7 nitrogen and oxygen atoms in total. The largest absolute Gasteiger partial charge is 0.383 e. The SMILES string of the molecule is Cn1ncc(-c2nc(CC3CCOC3)no2)c1N. The van der Waals surface area contributed by atoms with E-state index in [1.165, 1.54) is 0 Å². The van der Waals surface area contributed by atoms with Gasteiger partial charge in [-0.2, -0.15) is 10.1 Å². The lowest BCUT2D eigenvalue weighted by molar-refractivity contribution is 0.185. The van der Waals surface area contributed by atoms with Gasteiger partial charge in [-0.25, -0.2) is 0 Å². The summed E-state index contributed by atoms with van der Waals surface area (Å²) < 4.78 is 12.1. The molecule has 0 aromatic carbocycles. The first-order valence-corrected chi connectivity index (χ1v) is 5.92. The highest BCUT2D eigenvalue weighted by Crippen LogP contribution is 2.24. The van der Waals surface area contributed by atoms with Gasteiger partial charge in [0, 0.05) is 26.7 Å². The summed E-state index contributed by atoms with van der Waals surface area (Å²) in [5, 5.41) is 8.02. The van der Waals surface area contributed by atoms with E-state index in [1.54, 1.807) is 17.9 Å². The fourth-order valence-corrected chi connectivity index (χ4v) is 2.06. The minimum absolute atomic E-state index is 0.425. The van der Waals surface area contributed by atoms with Gasteiger partial charge in [-0.1, -0.05) is 5.16 Å². The molecule has 2 N–H and O–H groups in total. The van der Waals surface area contributed by atoms with Crippen molar-refractivity contribution in [1.82, 2.24) is 19.9 Å². The van der Waals surface area contributed by atoms with Crippen LogP contribution in [0.5, 0.6) is 0 Å². The lowest BCUT2D eigenvalue weighted by Gasteiger charge is -2.00. The van der Waals surface area contributed by atoms with E-state index in [0.29, 0.717) is 29.0 Å². The Balaban J connectivity index is 1.78. The summed E-state index contributed by atoms with van der Waals surface area (Å²) in [4.78, 5) is 4.35. The molecule has 0 spiro atoms. The molecule has 0 amide bonds. The average molecular weight is 249 g/mol. The van der Waals surface area contributed by atoms with E-state index in [2.05, 4.69) is 15.2 Å². The van der Waals surface area contributed by atoms with Crippen LogP contribution in [0.15, 0.2) is 10.7 Å². The normalized spacial score (nSPS) is 19.5. The highest BCUT2D eigenvalue weighted by molar-refractivity contribution is 5.66. The van der Waals surface area contributed by atoms with E-state index in [1.807, 2.05) is 0 Å². The van der Waals surface area contributed by atoms with Gasteiger partial charge in [0.25, 0.3) is 5.89 Å². The number of hydrogen-bond donors (Lipinski definition) is 1. The number of nitrogen functional groups attached to an aromatic ring is 1. The Morgan fingerprint density at radius 1 is 1.56 bits per heavy atom. The summed E-state index contributed by atoms with van der Waals surface area (Å²) in [5.41, 5.74) is 6.54. The second kappa shape index (κ2) is 4.41. The second-order valence-corrected chi connectivity index (χ2v) is 4.52. The molecule has 2 aromatic heterocycles. The van der Waals surface area contributed by atoms with Crippen molar-refractivity contribution < 1.29 is 9.26 Å². The predicted molar refractivity (Wildman–Crippen MR) is 63.5 cm³/mol. The highest BCUT2D eigenvalue weighted by Gasteiger charge is 2.20. The average Bonchev–Trinajstić information content (AvgIpc) is 3.05. The van der Waals surface area contributed by atoms with Crippen LogP contribution in [-0.4, -0.2) is 33.1 Å². The lowest BCUT2D eigenvalue weighted by Crippen LogP contribution is -2.04. The van der Waals surface area contributed by atoms with Gasteiger partial charge in [0.05, 0.1) is 6.20 Å². The molecular formula is C11H15N5O2. The van der Waals surface area contributed by atoms with Crippen LogP contribution in [0.25, 0.3) is 11.5 Å². The van der Waals surface area contributed by atoms with Crippen LogP contribution in [-0.2, 0) is 18.2 Å². The van der Waals surface area contributed by atoms with Crippen molar-refractivity contribution in [1.29, 1.82) is 0 Å². The molecule has 18 heavy (non-hydrogen) atoms. The second-order valence-electron chi connectivity index (χ2n) is 4.52. The molecule has 3 rings (SSSR count). The first-order chi connectivity index (χ1) is 8.74. The fourth-order valence-electron chi connectivity index (χ4n) is 2.06. The third-order valence-corrected chi connectivity index (χ3v) is 3.18. The zero-order chi connectivity index (χ0) is 12.5. The van der Waals surface area contributed by atoms with Gasteiger partial charge in [0.2, 0.25) is 0 Å². The van der Waals surface area contributed by atoms with Gasteiger partial charge in [-0.3, -0.25) is 4.68 Å². The fraction of sp³-hybridized carbons (Fsp3) is 0.545. The number of aryl methyl sites for hydroxylation is 1. The van der Waals surface area contributed by atoms with Crippen LogP contribution in [0.4, 0.5) is 5.82 Å². The zero-order valence-corrected chi connectivity index (χ0v) is 10.2. The standard InChI is InChI=1S/C11H15N5O2/c1-16-10(12)8(5-13-16)11-14-9(15-18-11)4-7-2-3-17-6-7/h5,7H,2-4,6,12H2,1H3. The van der Waals surface area contributed by atoms with Crippen LogP contribution in [0, 0.1) is 5.92 Å². The zero-order valence-electron chi connectivity index (χ0n) is 10.2. The van der Waals surface area contributed by atoms with Gasteiger partial charge in [0.15, 0.2) is 5.82 Å². The maximum absolute atomic E-state index is 5.86. The molecular weight excluding hydrogens is 234 g/mol. The van der Waals surface area contributed by atoms with Crippen molar-refractivity contribution in [2.45, 2.75) is 12.8 Å². The Hall–Kier alpha value is -1.89. The van der Waals surface area contributed by atoms with Crippen molar-refractivity contribution in [2.75, 3.05) is 18.9 Å². The van der Waals surface area contributed by atoms with Crippen LogP contribution in [0.2, 0.25) is 0 Å².